The molecule has 0 aliphatic rings. The minimum absolute atomic E-state index is 0.105. The number of nitrogens with one attached hydrogen (secondary N) is 1. The maximum absolute atomic E-state index is 12.0. The summed E-state index contributed by atoms with van der Waals surface area (Å²) >= 11 is 1.32. The molecular formula is C20H18N4O2S. The number of methoxy groups -OCH3 is 1. The summed E-state index contributed by atoms with van der Waals surface area (Å²) in [6, 6.07) is 17.2. The molecule has 1 amide bonds. The quantitative estimate of drug-likeness (QED) is 0.527. The molecule has 0 aliphatic heterocycles. The van der Waals surface area contributed by atoms with Gasteiger partial charge in [0.05, 0.1) is 19.4 Å². The van der Waals surface area contributed by atoms with Crippen LogP contribution in [0.5, 0.6) is 5.75 Å². The fourth-order valence-corrected chi connectivity index (χ4v) is 2.99. The fourth-order valence-electron chi connectivity index (χ4n) is 2.23. The van der Waals surface area contributed by atoms with Crippen LogP contribution in [-0.4, -0.2) is 40.1 Å². The van der Waals surface area contributed by atoms with Crippen molar-refractivity contribution in [2.45, 2.75) is 5.16 Å². The van der Waals surface area contributed by atoms with E-state index in [0.29, 0.717) is 11.7 Å². The van der Waals surface area contributed by atoms with Gasteiger partial charge in [-0.2, -0.15) is 0 Å². The Balaban J connectivity index is 1.51. The average molecular weight is 378 g/mol. The van der Waals surface area contributed by atoms with Crippen molar-refractivity contribution >= 4 is 17.7 Å². The second-order valence-corrected chi connectivity index (χ2v) is 6.36. The minimum Gasteiger partial charge on any atom is -0.497 e. The van der Waals surface area contributed by atoms with Crippen molar-refractivity contribution in [3.05, 3.63) is 66.5 Å². The minimum atomic E-state index is -0.105. The summed E-state index contributed by atoms with van der Waals surface area (Å²) < 4.78 is 6.99. The molecular weight excluding hydrogens is 360 g/mol. The molecule has 0 atom stereocenters. The zero-order valence-corrected chi connectivity index (χ0v) is 15.6. The smallest absolute Gasteiger partial charge is 0.231 e. The molecule has 136 valence electrons. The van der Waals surface area contributed by atoms with E-state index in [2.05, 4.69) is 27.4 Å². The predicted octanol–water partition coefficient (Wildman–Crippen LogP) is 2.54. The third kappa shape index (κ3) is 5.36. The Bertz CT molecular complexity index is 943. The third-order valence-corrected chi connectivity index (χ3v) is 4.52. The Labute approximate surface area is 162 Å². The van der Waals surface area contributed by atoms with Crippen molar-refractivity contribution in [1.82, 2.24) is 20.1 Å². The number of thioether (sulfide) groups is 1. The number of amides is 1. The Morgan fingerprint density at radius 3 is 2.70 bits per heavy atom. The second kappa shape index (κ2) is 9.46. The lowest BCUT2D eigenvalue weighted by Crippen LogP contribution is -2.25. The van der Waals surface area contributed by atoms with Crippen LogP contribution in [0.4, 0.5) is 0 Å². The number of ether oxygens (including phenoxy) is 1. The Hall–Kier alpha value is -3.24. The van der Waals surface area contributed by atoms with Gasteiger partial charge < -0.3 is 10.1 Å². The summed E-state index contributed by atoms with van der Waals surface area (Å²) in [6.45, 7) is 0.305. The molecule has 1 heterocycles. The molecule has 0 aliphatic carbocycles. The summed E-state index contributed by atoms with van der Waals surface area (Å²) in [5.41, 5.74) is 1.83. The highest BCUT2D eigenvalue weighted by atomic mass is 32.2. The van der Waals surface area contributed by atoms with Crippen molar-refractivity contribution in [2.24, 2.45) is 0 Å². The maximum Gasteiger partial charge on any atom is 0.231 e. The number of rotatable bonds is 6. The summed E-state index contributed by atoms with van der Waals surface area (Å²) in [5, 5.41) is 11.4. The van der Waals surface area contributed by atoms with Gasteiger partial charge in [0.25, 0.3) is 0 Å². The normalized spacial score (nSPS) is 9.96. The van der Waals surface area contributed by atoms with E-state index in [1.54, 1.807) is 13.4 Å². The summed E-state index contributed by atoms with van der Waals surface area (Å²) in [4.78, 5) is 12.0. The molecule has 0 spiro atoms. The fraction of sp³-hybridized carbons (Fsp3) is 0.150. The number of nitrogens with zero attached hydrogens (tertiary/aromatic N) is 3. The number of carbonyl (C=O) groups excluding carboxylic acids is 1. The van der Waals surface area contributed by atoms with Gasteiger partial charge in [-0.1, -0.05) is 41.8 Å². The highest BCUT2D eigenvalue weighted by molar-refractivity contribution is 7.99. The van der Waals surface area contributed by atoms with E-state index < -0.39 is 0 Å². The monoisotopic (exact) mass is 378 g/mol. The van der Waals surface area contributed by atoms with Crippen molar-refractivity contribution in [3.8, 4) is 23.3 Å². The first-order valence-electron chi connectivity index (χ1n) is 8.24. The van der Waals surface area contributed by atoms with E-state index >= 15 is 0 Å². The predicted molar refractivity (Wildman–Crippen MR) is 105 cm³/mol. The molecule has 0 saturated carbocycles. The third-order valence-electron chi connectivity index (χ3n) is 3.58. The Morgan fingerprint density at radius 2 is 1.96 bits per heavy atom. The molecule has 1 aromatic heterocycles. The zero-order valence-electron chi connectivity index (χ0n) is 14.8. The number of carbonyl (C=O) groups is 1. The largest absolute Gasteiger partial charge is 0.497 e. The highest BCUT2D eigenvalue weighted by Crippen LogP contribution is 2.21. The highest BCUT2D eigenvalue weighted by Gasteiger charge is 2.10. The van der Waals surface area contributed by atoms with Crippen LogP contribution in [0.25, 0.3) is 5.69 Å². The lowest BCUT2D eigenvalue weighted by molar-refractivity contribution is -0.118. The summed E-state index contributed by atoms with van der Waals surface area (Å²) in [7, 11) is 1.62. The van der Waals surface area contributed by atoms with Crippen LogP contribution in [0.3, 0.4) is 0 Å². The molecule has 0 unspecified atom stereocenters. The first kappa shape index (κ1) is 18.5. The lowest BCUT2D eigenvalue weighted by atomic mass is 10.2. The van der Waals surface area contributed by atoms with E-state index in [9.17, 15) is 4.79 Å². The molecule has 3 rings (SSSR count). The van der Waals surface area contributed by atoms with Crippen LogP contribution in [0.2, 0.25) is 0 Å². The Kier molecular flexibility index (Phi) is 6.50. The number of hydrogen-bond donors (Lipinski definition) is 1. The van der Waals surface area contributed by atoms with Gasteiger partial charge in [0.1, 0.15) is 12.1 Å². The number of hydrogen-bond acceptors (Lipinski definition) is 5. The molecule has 3 aromatic rings. The molecule has 1 N–H and O–H groups in total. The Morgan fingerprint density at radius 1 is 1.19 bits per heavy atom. The molecule has 27 heavy (non-hydrogen) atoms. The van der Waals surface area contributed by atoms with Gasteiger partial charge in [-0.05, 0) is 36.4 Å². The first-order chi connectivity index (χ1) is 13.3. The van der Waals surface area contributed by atoms with Crippen molar-refractivity contribution < 1.29 is 9.53 Å². The maximum atomic E-state index is 12.0. The van der Waals surface area contributed by atoms with E-state index in [1.165, 1.54) is 11.8 Å². The first-order valence-corrected chi connectivity index (χ1v) is 9.22. The van der Waals surface area contributed by atoms with Crippen molar-refractivity contribution in [3.63, 3.8) is 0 Å². The van der Waals surface area contributed by atoms with Crippen LogP contribution in [0.1, 0.15) is 5.56 Å². The van der Waals surface area contributed by atoms with Crippen LogP contribution >= 0.6 is 11.8 Å². The van der Waals surface area contributed by atoms with Gasteiger partial charge in [-0.15, -0.1) is 10.2 Å². The average Bonchev–Trinajstić information content (AvgIpc) is 3.19. The molecule has 0 bridgehead atoms. The van der Waals surface area contributed by atoms with Crippen molar-refractivity contribution in [2.75, 3.05) is 19.4 Å². The number of aromatic nitrogens is 3. The molecule has 0 radical (unpaired) electrons. The molecule has 7 heteroatoms. The zero-order chi connectivity index (χ0) is 18.9. The van der Waals surface area contributed by atoms with Gasteiger partial charge in [-0.3, -0.25) is 9.36 Å². The van der Waals surface area contributed by atoms with Crippen LogP contribution in [0, 0.1) is 11.8 Å². The molecule has 2 aromatic carbocycles. The SMILES string of the molecule is COc1ccc(-n2cnnc2SCC(=O)NCC#Cc2ccccc2)cc1. The van der Waals surface area contributed by atoms with Crippen LogP contribution in [0.15, 0.2) is 66.1 Å². The van der Waals surface area contributed by atoms with Gasteiger partial charge in [0.15, 0.2) is 5.16 Å². The van der Waals surface area contributed by atoms with Gasteiger partial charge in [0.2, 0.25) is 5.91 Å². The molecule has 6 nitrogen and oxygen atoms in total. The summed E-state index contributed by atoms with van der Waals surface area (Å²) in [6.07, 6.45) is 1.62. The van der Waals surface area contributed by atoms with Gasteiger partial charge in [0, 0.05) is 11.3 Å². The molecule has 0 fully saturated rings. The topological polar surface area (TPSA) is 69.0 Å². The van der Waals surface area contributed by atoms with Gasteiger partial charge >= 0.3 is 0 Å². The van der Waals surface area contributed by atoms with E-state index in [-0.39, 0.29) is 11.7 Å². The van der Waals surface area contributed by atoms with Crippen LogP contribution < -0.4 is 10.1 Å². The summed E-state index contributed by atoms with van der Waals surface area (Å²) in [5.74, 6) is 6.85. The van der Waals surface area contributed by atoms with Gasteiger partial charge in [-0.25, -0.2) is 0 Å². The van der Waals surface area contributed by atoms with E-state index in [4.69, 9.17) is 4.74 Å². The molecule has 0 saturated heterocycles. The second-order valence-electron chi connectivity index (χ2n) is 5.41. The lowest BCUT2D eigenvalue weighted by Gasteiger charge is -2.07. The van der Waals surface area contributed by atoms with Crippen LogP contribution in [-0.2, 0) is 4.79 Å². The van der Waals surface area contributed by atoms with E-state index in [0.717, 1.165) is 17.0 Å². The van der Waals surface area contributed by atoms with E-state index in [1.807, 2.05) is 59.2 Å². The van der Waals surface area contributed by atoms with Crippen molar-refractivity contribution in [1.29, 1.82) is 0 Å². The standard InChI is InChI=1S/C20H18N4O2S/c1-26-18-11-9-17(10-12-18)24-15-22-23-20(24)27-14-19(25)21-13-5-8-16-6-3-2-4-7-16/h2-4,6-7,9-12,15H,13-14H2,1H3,(H,21,25). The number of benzene rings is 2.